The monoisotopic (exact) mass is 288 g/mol. The summed E-state index contributed by atoms with van der Waals surface area (Å²) in [6, 6.07) is 15.6. The molecular weight excluding hydrogens is 275 g/mol. The zero-order chi connectivity index (χ0) is 13.5. The first kappa shape index (κ1) is 13.9. The smallest absolute Gasteiger partial charge is 0.0406 e. The van der Waals surface area contributed by atoms with Crippen LogP contribution in [0.25, 0.3) is 12.2 Å². The zero-order valence-electron chi connectivity index (χ0n) is 10.4. The lowest BCUT2D eigenvalue weighted by atomic mass is 10.1. The second-order valence-corrected chi connectivity index (χ2v) is 5.02. The van der Waals surface area contributed by atoms with Crippen molar-refractivity contribution in [2.45, 2.75) is 6.42 Å². The molecule has 0 bridgehead atoms. The summed E-state index contributed by atoms with van der Waals surface area (Å²) in [7, 11) is 0. The predicted molar refractivity (Wildman–Crippen MR) is 85.6 cm³/mol. The molecule has 0 aromatic heterocycles. The number of halogens is 2. The predicted octanol–water partition coefficient (Wildman–Crippen LogP) is 6.11. The van der Waals surface area contributed by atoms with E-state index in [4.69, 9.17) is 23.2 Å². The van der Waals surface area contributed by atoms with Crippen LogP contribution < -0.4 is 0 Å². The lowest BCUT2D eigenvalue weighted by Gasteiger charge is -1.93. The molecule has 0 aliphatic heterocycles. The first-order valence-electron chi connectivity index (χ1n) is 6.08. The molecular formula is C17H14Cl2. The van der Waals surface area contributed by atoms with Gasteiger partial charge < -0.3 is 0 Å². The van der Waals surface area contributed by atoms with Gasteiger partial charge in [-0.1, -0.05) is 71.8 Å². The van der Waals surface area contributed by atoms with Crippen molar-refractivity contribution in [3.8, 4) is 0 Å². The molecule has 2 rings (SSSR count). The lowest BCUT2D eigenvalue weighted by Crippen LogP contribution is -1.71. The summed E-state index contributed by atoms with van der Waals surface area (Å²) in [5.74, 6) is 0. The third-order valence-electron chi connectivity index (χ3n) is 2.63. The normalized spacial score (nSPS) is 11.5. The minimum absolute atomic E-state index is 0.764. The molecule has 0 amide bonds. The van der Waals surface area contributed by atoms with Gasteiger partial charge in [0, 0.05) is 10.0 Å². The van der Waals surface area contributed by atoms with E-state index in [1.54, 1.807) is 0 Å². The number of benzene rings is 2. The maximum absolute atomic E-state index is 5.83. The van der Waals surface area contributed by atoms with Crippen LogP contribution in [0.1, 0.15) is 17.5 Å². The molecule has 2 aromatic carbocycles. The van der Waals surface area contributed by atoms with Crippen molar-refractivity contribution in [3.05, 3.63) is 81.9 Å². The molecule has 0 radical (unpaired) electrons. The summed E-state index contributed by atoms with van der Waals surface area (Å²) in [6.45, 7) is 0. The molecule has 0 nitrogen and oxygen atoms in total. The van der Waals surface area contributed by atoms with Gasteiger partial charge in [-0.3, -0.25) is 0 Å². The van der Waals surface area contributed by atoms with E-state index in [2.05, 4.69) is 24.3 Å². The Hall–Kier alpha value is -1.50. The highest BCUT2D eigenvalue weighted by Gasteiger charge is 1.88. The van der Waals surface area contributed by atoms with Crippen LogP contribution in [-0.4, -0.2) is 0 Å². The fraction of sp³-hybridized carbons (Fsp3) is 0.0588. The lowest BCUT2D eigenvalue weighted by molar-refractivity contribution is 1.42. The fourth-order valence-corrected chi connectivity index (χ4v) is 1.89. The second kappa shape index (κ2) is 7.18. The molecule has 2 aromatic rings. The summed E-state index contributed by atoms with van der Waals surface area (Å²) in [6.07, 6.45) is 9.31. The average molecular weight is 289 g/mol. The SMILES string of the molecule is Clc1ccc(/C=C/C/C=C/c2ccc(Cl)cc2)cc1. The zero-order valence-corrected chi connectivity index (χ0v) is 11.9. The van der Waals surface area contributed by atoms with Crippen molar-refractivity contribution in [3.63, 3.8) is 0 Å². The highest BCUT2D eigenvalue weighted by molar-refractivity contribution is 6.30. The van der Waals surface area contributed by atoms with Crippen LogP contribution in [0.4, 0.5) is 0 Å². The van der Waals surface area contributed by atoms with Gasteiger partial charge in [0.1, 0.15) is 0 Å². The van der Waals surface area contributed by atoms with E-state index in [0.29, 0.717) is 0 Å². The van der Waals surface area contributed by atoms with E-state index in [0.717, 1.165) is 27.6 Å². The topological polar surface area (TPSA) is 0 Å². The van der Waals surface area contributed by atoms with E-state index in [1.165, 1.54) is 0 Å². The number of hydrogen-bond donors (Lipinski definition) is 0. The average Bonchev–Trinajstić information content (AvgIpc) is 2.43. The molecule has 0 heterocycles. The van der Waals surface area contributed by atoms with E-state index in [-0.39, 0.29) is 0 Å². The van der Waals surface area contributed by atoms with Gasteiger partial charge >= 0.3 is 0 Å². The minimum atomic E-state index is 0.764. The molecule has 0 saturated carbocycles. The first-order chi connectivity index (χ1) is 9.24. The van der Waals surface area contributed by atoms with E-state index < -0.39 is 0 Å². The molecule has 0 unspecified atom stereocenters. The Morgan fingerprint density at radius 1 is 0.632 bits per heavy atom. The fourth-order valence-electron chi connectivity index (χ4n) is 1.63. The van der Waals surface area contributed by atoms with Crippen molar-refractivity contribution >= 4 is 35.4 Å². The third-order valence-corrected chi connectivity index (χ3v) is 3.14. The largest absolute Gasteiger partial charge is 0.0843 e. The quantitative estimate of drug-likeness (QED) is 0.637. The van der Waals surface area contributed by atoms with Crippen molar-refractivity contribution in [2.24, 2.45) is 0 Å². The maximum Gasteiger partial charge on any atom is 0.0406 e. The molecule has 0 fully saturated rings. The third kappa shape index (κ3) is 4.94. The molecule has 19 heavy (non-hydrogen) atoms. The maximum atomic E-state index is 5.83. The Labute approximate surface area is 124 Å². The van der Waals surface area contributed by atoms with Crippen LogP contribution in [0.5, 0.6) is 0 Å². The van der Waals surface area contributed by atoms with Crippen LogP contribution in [0.15, 0.2) is 60.7 Å². The van der Waals surface area contributed by atoms with Gasteiger partial charge in [0.05, 0.1) is 0 Å². The van der Waals surface area contributed by atoms with Crippen molar-refractivity contribution in [1.82, 2.24) is 0 Å². The van der Waals surface area contributed by atoms with Gasteiger partial charge in [-0.15, -0.1) is 0 Å². The summed E-state index contributed by atoms with van der Waals surface area (Å²) >= 11 is 11.7. The molecule has 0 N–H and O–H groups in total. The number of hydrogen-bond acceptors (Lipinski definition) is 0. The van der Waals surface area contributed by atoms with Crippen molar-refractivity contribution in [2.75, 3.05) is 0 Å². The summed E-state index contributed by atoms with van der Waals surface area (Å²) in [5.41, 5.74) is 2.31. The Morgan fingerprint density at radius 3 is 1.37 bits per heavy atom. The van der Waals surface area contributed by atoms with Gasteiger partial charge in [0.2, 0.25) is 0 Å². The molecule has 0 aliphatic carbocycles. The Morgan fingerprint density at radius 2 is 1.00 bits per heavy atom. The molecule has 0 saturated heterocycles. The number of rotatable bonds is 4. The van der Waals surface area contributed by atoms with Crippen LogP contribution in [0.3, 0.4) is 0 Å². The summed E-state index contributed by atoms with van der Waals surface area (Å²) < 4.78 is 0. The summed E-state index contributed by atoms with van der Waals surface area (Å²) in [4.78, 5) is 0. The first-order valence-corrected chi connectivity index (χ1v) is 6.84. The second-order valence-electron chi connectivity index (χ2n) is 4.14. The van der Waals surface area contributed by atoms with Gasteiger partial charge in [-0.25, -0.2) is 0 Å². The van der Waals surface area contributed by atoms with E-state index in [9.17, 15) is 0 Å². The van der Waals surface area contributed by atoms with Crippen LogP contribution in [0, 0.1) is 0 Å². The number of allylic oxidation sites excluding steroid dienone is 2. The van der Waals surface area contributed by atoms with Gasteiger partial charge in [0.15, 0.2) is 0 Å². The Balaban J connectivity index is 1.86. The standard InChI is InChI=1S/C17H14Cl2/c18-16-10-6-14(7-11-16)4-2-1-3-5-15-8-12-17(19)13-9-15/h2-13H,1H2/b4-2+,5-3+. The van der Waals surface area contributed by atoms with E-state index >= 15 is 0 Å². The van der Waals surface area contributed by atoms with Gasteiger partial charge in [0.25, 0.3) is 0 Å². The van der Waals surface area contributed by atoms with Gasteiger partial charge in [-0.2, -0.15) is 0 Å². The molecule has 2 heteroatoms. The summed E-state index contributed by atoms with van der Waals surface area (Å²) in [5, 5.41) is 1.53. The van der Waals surface area contributed by atoms with Crippen LogP contribution in [0.2, 0.25) is 10.0 Å². The molecule has 0 spiro atoms. The van der Waals surface area contributed by atoms with E-state index in [1.807, 2.05) is 48.5 Å². The highest BCUT2D eigenvalue weighted by atomic mass is 35.5. The van der Waals surface area contributed by atoms with Crippen LogP contribution in [-0.2, 0) is 0 Å². The van der Waals surface area contributed by atoms with Crippen LogP contribution >= 0.6 is 23.2 Å². The van der Waals surface area contributed by atoms with Crippen molar-refractivity contribution in [1.29, 1.82) is 0 Å². The minimum Gasteiger partial charge on any atom is -0.0843 e. The molecule has 0 aliphatic rings. The Kier molecular flexibility index (Phi) is 5.26. The van der Waals surface area contributed by atoms with Gasteiger partial charge in [-0.05, 0) is 41.8 Å². The Bertz CT molecular complexity index is 510. The highest BCUT2D eigenvalue weighted by Crippen LogP contribution is 2.12. The van der Waals surface area contributed by atoms with Crippen molar-refractivity contribution < 1.29 is 0 Å². The molecule has 96 valence electrons. The molecule has 0 atom stereocenters.